The SMILES string of the molecule is C.C.CC.CC.CC.CC.CC.CC.CC(=O)N(C)C.CC(C)(C)OC(=O)N1CCN(Cc2ccccc2)CC1.CC(C)(C)OC(=O)N1CCN(Cc2ccccc2)CC1.CC(C)(C)OC(=O)N1CCN(Cc2ccccc2)CC1.O=C=O.O=C=O.O=C=O.O=Cc1ccccc1.[2H][B].[B]C.[B]F. The van der Waals surface area contributed by atoms with Gasteiger partial charge in [-0.25, -0.2) is 14.4 Å². The maximum Gasteiger partial charge on any atom is 0.410 e. The van der Waals surface area contributed by atoms with Gasteiger partial charge in [0.1, 0.15) is 23.1 Å². The van der Waals surface area contributed by atoms with Crippen molar-refractivity contribution in [1.29, 1.82) is 1.34 Å². The number of carbonyl (C=O) groups is 5. The quantitative estimate of drug-likeness (QED) is 0.0949. The third-order valence-electron chi connectivity index (χ3n) is 11.4. The number of ether oxygens (including phenoxy) is 3. The molecular weight excluding hydrogens is 1300 g/mol. The Morgan fingerprint density at radius 3 is 0.706 bits per heavy atom. The van der Waals surface area contributed by atoms with E-state index >= 15 is 0 Å². The molecule has 3 aliphatic rings. The molecule has 21 nitrogen and oxygen atoms in total. The second-order valence-corrected chi connectivity index (χ2v) is 21.9. The summed E-state index contributed by atoms with van der Waals surface area (Å²) in [4.78, 5) is 119. The highest BCUT2D eigenvalue weighted by molar-refractivity contribution is 6.05. The van der Waals surface area contributed by atoms with Gasteiger partial charge in [-0.15, -0.1) is 0 Å². The normalized spacial score (nSPS) is 11.9. The Labute approximate surface area is 624 Å². The lowest BCUT2D eigenvalue weighted by molar-refractivity contribution is -0.193. The number of piperazine rings is 3. The molecule has 25 heteroatoms. The van der Waals surface area contributed by atoms with Crippen LogP contribution in [0.1, 0.15) is 194 Å². The number of hydrogen-bond donors (Lipinski definition) is 0. The first kappa shape index (κ1) is 118. The van der Waals surface area contributed by atoms with E-state index in [1.54, 1.807) is 40.9 Å². The molecule has 3 heterocycles. The van der Waals surface area contributed by atoms with Gasteiger partial charge in [0, 0.05) is 133 Å². The third-order valence-corrected chi connectivity index (χ3v) is 11.4. The van der Waals surface area contributed by atoms with Gasteiger partial charge < -0.3 is 38.1 Å². The van der Waals surface area contributed by atoms with Crippen LogP contribution in [0.2, 0.25) is 6.82 Å². The molecule has 4 amide bonds. The summed E-state index contributed by atoms with van der Waals surface area (Å²) in [5.41, 5.74) is 3.43. The van der Waals surface area contributed by atoms with Crippen LogP contribution in [0.15, 0.2) is 121 Å². The minimum Gasteiger partial charge on any atom is -0.444 e. The molecule has 4 aromatic rings. The second kappa shape index (κ2) is 83.6. The number of benzene rings is 4. The standard InChI is InChI=1S/3C16H24N2O2.C7H6O.C4H9NO.6C2H6.CH3B.3CO2.2CH4.BF.BH/c3*1-16(2,3)20-15(19)18-11-9-17(10-12-18)13-14-7-5-4-6-8-14;8-6-7-4-2-1-3-5-7;1-4(6)5(2)3;7*1-2;3*2-1-3;;;1-2;/h3*4-8H,9-13H2,1-3H3;1-6H;1-3H3;6*1-2H3;1H3;;;;2*1H4;;1H/i;;;;;;;;;;;;;;;;;;1D. The van der Waals surface area contributed by atoms with Crippen LogP contribution in [-0.2, 0) is 67.4 Å². The van der Waals surface area contributed by atoms with E-state index in [4.69, 9.17) is 48.6 Å². The molecule has 7 rings (SSSR count). The van der Waals surface area contributed by atoms with Gasteiger partial charge in [-0.05, 0) is 80.3 Å². The summed E-state index contributed by atoms with van der Waals surface area (Å²) in [5.74, 6) is 0.0926. The Kier molecular flexibility index (Phi) is 96.7. The van der Waals surface area contributed by atoms with Gasteiger partial charge in [0.15, 0.2) is 0 Å². The number of nitrogens with zero attached hydrogens (tertiary/aromatic N) is 7. The largest absolute Gasteiger partial charge is 0.444 e. The van der Waals surface area contributed by atoms with Crippen molar-refractivity contribution in [3.8, 4) is 0 Å². The van der Waals surface area contributed by atoms with Crippen LogP contribution in [0.4, 0.5) is 18.7 Å². The molecule has 102 heavy (non-hydrogen) atoms. The zero-order chi connectivity index (χ0) is 80.9. The fourth-order valence-corrected chi connectivity index (χ4v) is 7.30. The van der Waals surface area contributed by atoms with Crippen molar-refractivity contribution in [3.63, 3.8) is 0 Å². The van der Waals surface area contributed by atoms with Crippen LogP contribution in [0.5, 0.6) is 0 Å². The second-order valence-electron chi connectivity index (χ2n) is 21.9. The summed E-state index contributed by atoms with van der Waals surface area (Å²) in [6.07, 6.45) is 0.991. The number of halogens is 1. The lowest BCUT2D eigenvalue weighted by Gasteiger charge is -2.35. The van der Waals surface area contributed by atoms with E-state index in [2.05, 4.69) is 112 Å². The monoisotopic (exact) mass is 1440 g/mol. The van der Waals surface area contributed by atoms with Crippen molar-refractivity contribution in [2.24, 2.45) is 0 Å². The Morgan fingerprint density at radius 2 is 0.578 bits per heavy atom. The third kappa shape index (κ3) is 77.7. The van der Waals surface area contributed by atoms with Gasteiger partial charge in [0.25, 0.3) is 0 Å². The number of aldehydes is 1. The van der Waals surface area contributed by atoms with Gasteiger partial charge in [-0.1, -0.05) is 226 Å². The first-order valence-electron chi connectivity index (χ1n) is 34.4. The lowest BCUT2D eigenvalue weighted by atomic mass is 10.2. The van der Waals surface area contributed by atoms with Crippen molar-refractivity contribution in [2.75, 3.05) is 92.6 Å². The highest BCUT2D eigenvalue weighted by atomic mass is 19.1. The number of carbonyl (C=O) groups excluding carboxylic acids is 11. The summed E-state index contributed by atoms with van der Waals surface area (Å²) in [6.45, 7) is 56.8. The van der Waals surface area contributed by atoms with Gasteiger partial charge in [0.2, 0.25) is 5.91 Å². The zero-order valence-electron chi connectivity index (χ0n) is 66.7. The van der Waals surface area contributed by atoms with Crippen molar-refractivity contribution in [1.82, 2.24) is 34.3 Å². The summed E-state index contributed by atoms with van der Waals surface area (Å²) < 4.78 is 30.4. The highest BCUT2D eigenvalue weighted by Gasteiger charge is 2.28. The molecule has 0 saturated carbocycles. The molecule has 3 saturated heterocycles. The van der Waals surface area contributed by atoms with Gasteiger partial charge in [-0.3, -0.25) is 24.3 Å². The van der Waals surface area contributed by atoms with Crippen molar-refractivity contribution in [2.45, 2.75) is 210 Å². The molecule has 0 atom stereocenters. The van der Waals surface area contributed by atoms with Crippen LogP contribution in [0, 0.1) is 0 Å². The van der Waals surface area contributed by atoms with E-state index in [0.717, 1.165) is 110 Å². The maximum atomic E-state index is 12.0. The summed E-state index contributed by atoms with van der Waals surface area (Å²) in [7, 11) is 14.7. The van der Waals surface area contributed by atoms with Crippen molar-refractivity contribution in [3.05, 3.63) is 144 Å². The minimum atomic E-state index is -0.418. The van der Waals surface area contributed by atoms with Crippen LogP contribution in [0.25, 0.3) is 0 Å². The molecule has 578 valence electrons. The fraction of sp³-hybridized carbons (Fsp3) is 0.584. The van der Waals surface area contributed by atoms with Crippen LogP contribution >= 0.6 is 0 Å². The van der Waals surface area contributed by atoms with E-state index in [1.807, 2.05) is 182 Å². The van der Waals surface area contributed by atoms with Gasteiger partial charge in [0.05, 0.1) is 7.85 Å². The average Bonchev–Trinajstić information content (AvgIpc) is 0.877. The number of rotatable bonds is 7. The van der Waals surface area contributed by atoms with Crippen molar-refractivity contribution >= 4 is 73.3 Å². The molecule has 0 N–H and O–H groups in total. The first-order chi connectivity index (χ1) is 48.1. The predicted octanol–water partition coefficient (Wildman–Crippen LogP) is 15.1. The Morgan fingerprint density at radius 1 is 0.422 bits per heavy atom. The molecule has 0 aromatic heterocycles. The van der Waals surface area contributed by atoms with E-state index in [9.17, 15) is 24.0 Å². The maximum absolute atomic E-state index is 12.0. The summed E-state index contributed by atoms with van der Waals surface area (Å²) in [5, 5.41) is 0. The summed E-state index contributed by atoms with van der Waals surface area (Å²) >= 11 is 0. The van der Waals surface area contributed by atoms with E-state index in [0.29, 0.717) is 0 Å². The molecule has 6 radical (unpaired) electrons. The summed E-state index contributed by atoms with van der Waals surface area (Å²) in [6, 6.07) is 40.4. The lowest BCUT2D eigenvalue weighted by Crippen LogP contribution is -2.49. The van der Waals surface area contributed by atoms with Gasteiger partial charge in [-0.2, -0.15) is 28.8 Å². The molecular formula is C77H135B3FN7O14. The number of hydrogen-bond acceptors (Lipinski definition) is 17. The molecule has 3 fully saturated rings. The van der Waals surface area contributed by atoms with Crippen LogP contribution in [0.3, 0.4) is 0 Å². The molecule has 3 aliphatic heterocycles. The molecule has 0 aliphatic carbocycles. The Bertz CT molecular complexity index is 2320. The fourth-order valence-electron chi connectivity index (χ4n) is 7.30. The molecule has 0 unspecified atom stereocenters. The Balaban J connectivity index is -0.0000000950. The van der Waals surface area contributed by atoms with E-state index in [1.165, 1.54) is 35.3 Å². The average molecular weight is 1440 g/mol. The molecule has 0 spiro atoms. The number of amides is 4. The van der Waals surface area contributed by atoms with E-state index < -0.39 is 16.8 Å². The van der Waals surface area contributed by atoms with Crippen LogP contribution < -0.4 is 0 Å². The Hall–Kier alpha value is -8.03. The zero-order valence-corrected chi connectivity index (χ0v) is 65.7. The van der Waals surface area contributed by atoms with Gasteiger partial charge >= 0.3 is 44.9 Å². The first-order valence-corrected chi connectivity index (χ1v) is 33.8. The molecule has 4 aromatic carbocycles. The van der Waals surface area contributed by atoms with Crippen molar-refractivity contribution < 1.29 is 71.3 Å². The molecule has 0 bridgehead atoms. The van der Waals surface area contributed by atoms with Crippen LogP contribution in [-0.4, -0.2) is 218 Å². The highest BCUT2D eigenvalue weighted by Crippen LogP contribution is 2.17. The minimum absolute atomic E-state index is 0. The van der Waals surface area contributed by atoms with E-state index in [-0.39, 0.29) is 57.5 Å². The smallest absolute Gasteiger partial charge is 0.410 e. The topological polar surface area (TPSA) is 238 Å². The predicted molar refractivity (Wildman–Crippen MR) is 417 cm³/mol.